The molecular formula is C24H23F3N4O6S. The number of rotatable bonds is 10. The predicted octanol–water partition coefficient (Wildman–Crippen LogP) is 4.10. The van der Waals surface area contributed by atoms with Crippen LogP contribution >= 0.6 is 0 Å². The predicted molar refractivity (Wildman–Crippen MR) is 129 cm³/mol. The molecule has 2 aromatic heterocycles. The molecular weight excluding hydrogens is 529 g/mol. The molecule has 0 spiro atoms. The molecule has 202 valence electrons. The lowest BCUT2D eigenvalue weighted by atomic mass is 10.1. The van der Waals surface area contributed by atoms with Crippen molar-refractivity contribution in [1.29, 1.82) is 0 Å². The zero-order chi connectivity index (χ0) is 27.9. The molecule has 0 amide bonds. The Labute approximate surface area is 216 Å². The number of ether oxygens (including phenoxy) is 2. The van der Waals surface area contributed by atoms with Crippen LogP contribution in [-0.4, -0.2) is 55.0 Å². The van der Waals surface area contributed by atoms with E-state index in [-0.39, 0.29) is 29.8 Å². The summed E-state index contributed by atoms with van der Waals surface area (Å²) in [5, 5.41) is 2.68. The highest BCUT2D eigenvalue weighted by Gasteiger charge is 2.35. The Balaban J connectivity index is 1.78. The highest BCUT2D eigenvalue weighted by molar-refractivity contribution is 7.91. The number of halogens is 3. The number of carbonyl (C=O) groups is 1. The summed E-state index contributed by atoms with van der Waals surface area (Å²) < 4.78 is 76.6. The molecule has 1 aromatic carbocycles. The molecule has 2 heterocycles. The van der Waals surface area contributed by atoms with Gasteiger partial charge < -0.3 is 14.3 Å². The Kier molecular flexibility index (Phi) is 8.99. The van der Waals surface area contributed by atoms with Crippen LogP contribution in [0.5, 0.6) is 11.5 Å². The first-order valence-electron chi connectivity index (χ1n) is 11.0. The van der Waals surface area contributed by atoms with Crippen LogP contribution in [0.3, 0.4) is 0 Å². The lowest BCUT2D eigenvalue weighted by Crippen LogP contribution is -2.17. The van der Waals surface area contributed by atoms with Crippen molar-refractivity contribution in [3.8, 4) is 22.8 Å². The molecule has 0 atom stereocenters. The standard InChI is InChI=1S/C24H23F3N4O6S/c1-15(16-8-10-28-11-9-16)31-37-22(32)5-4-12-38(33,34)23-29-18(14-21(30-23)24(25,26)27)17-6-7-19(35-2)20(13-17)36-3/h6-11,13-14H,4-5,12H2,1-3H3/b31-15-. The van der Waals surface area contributed by atoms with Crippen molar-refractivity contribution in [2.24, 2.45) is 5.16 Å². The van der Waals surface area contributed by atoms with E-state index in [1.165, 1.54) is 44.8 Å². The number of sulfone groups is 1. The first-order chi connectivity index (χ1) is 17.9. The van der Waals surface area contributed by atoms with Gasteiger partial charge in [0.1, 0.15) is 5.69 Å². The molecule has 0 bridgehead atoms. The number of hydrogen-bond acceptors (Lipinski definition) is 10. The van der Waals surface area contributed by atoms with Crippen molar-refractivity contribution in [1.82, 2.24) is 15.0 Å². The largest absolute Gasteiger partial charge is 0.493 e. The van der Waals surface area contributed by atoms with E-state index in [0.29, 0.717) is 23.1 Å². The lowest BCUT2D eigenvalue weighted by molar-refractivity contribution is -0.143. The average molecular weight is 553 g/mol. The van der Waals surface area contributed by atoms with Crippen LogP contribution in [0.4, 0.5) is 13.2 Å². The first kappa shape index (κ1) is 28.5. The molecule has 0 saturated carbocycles. The van der Waals surface area contributed by atoms with Crippen molar-refractivity contribution < 1.29 is 40.7 Å². The Hall–Kier alpha value is -4.07. The second kappa shape index (κ2) is 12.0. The lowest BCUT2D eigenvalue weighted by Gasteiger charge is -2.13. The number of hydrogen-bond donors (Lipinski definition) is 0. The third kappa shape index (κ3) is 7.25. The van der Waals surface area contributed by atoms with Crippen molar-refractivity contribution in [3.63, 3.8) is 0 Å². The number of nitrogens with zero attached hydrogens (tertiary/aromatic N) is 4. The highest BCUT2D eigenvalue weighted by Crippen LogP contribution is 2.35. The molecule has 3 aromatic rings. The molecule has 14 heteroatoms. The van der Waals surface area contributed by atoms with E-state index in [1.54, 1.807) is 19.1 Å². The van der Waals surface area contributed by atoms with Crippen LogP contribution in [0, 0.1) is 0 Å². The van der Waals surface area contributed by atoms with Crippen molar-refractivity contribution in [2.75, 3.05) is 20.0 Å². The number of benzene rings is 1. The number of alkyl halides is 3. The Morgan fingerprint density at radius 2 is 1.68 bits per heavy atom. The summed E-state index contributed by atoms with van der Waals surface area (Å²) in [6.45, 7) is 1.61. The van der Waals surface area contributed by atoms with Crippen molar-refractivity contribution in [3.05, 3.63) is 60.0 Å². The first-order valence-corrected chi connectivity index (χ1v) is 12.7. The molecule has 0 aliphatic heterocycles. The summed E-state index contributed by atoms with van der Waals surface area (Å²) in [6, 6.07) is 8.17. The second-order valence-electron chi connectivity index (χ2n) is 7.79. The summed E-state index contributed by atoms with van der Waals surface area (Å²) in [7, 11) is -1.67. The maximum absolute atomic E-state index is 13.5. The number of carbonyl (C=O) groups excluding carboxylic acids is 1. The molecule has 10 nitrogen and oxygen atoms in total. The van der Waals surface area contributed by atoms with Gasteiger partial charge in [-0.05, 0) is 49.7 Å². The average Bonchev–Trinajstić information content (AvgIpc) is 2.90. The number of methoxy groups -OCH3 is 2. The minimum Gasteiger partial charge on any atom is -0.493 e. The minimum absolute atomic E-state index is 0.151. The van der Waals surface area contributed by atoms with E-state index in [2.05, 4.69) is 20.1 Å². The fraction of sp³-hybridized carbons (Fsp3) is 0.292. The van der Waals surface area contributed by atoms with Gasteiger partial charge in [-0.25, -0.2) is 23.2 Å². The topological polar surface area (TPSA) is 130 Å². The van der Waals surface area contributed by atoms with E-state index in [4.69, 9.17) is 14.3 Å². The summed E-state index contributed by atoms with van der Waals surface area (Å²) in [5.74, 6) is -0.977. The van der Waals surface area contributed by atoms with Crippen LogP contribution in [0.1, 0.15) is 31.0 Å². The third-order valence-corrected chi connectivity index (χ3v) is 6.70. The SMILES string of the molecule is COc1ccc(-c2cc(C(F)(F)F)nc(S(=O)(=O)CCCC(=O)O/N=C(/C)c3ccncc3)n2)cc1OC. The highest BCUT2D eigenvalue weighted by atomic mass is 32.2. The molecule has 0 radical (unpaired) electrons. The summed E-state index contributed by atoms with van der Waals surface area (Å²) >= 11 is 0. The summed E-state index contributed by atoms with van der Waals surface area (Å²) in [6.07, 6.45) is -2.47. The molecule has 0 fully saturated rings. The van der Waals surface area contributed by atoms with Crippen LogP contribution < -0.4 is 9.47 Å². The maximum atomic E-state index is 13.5. The van der Waals surface area contributed by atoms with E-state index in [0.717, 1.165) is 0 Å². The number of pyridine rings is 1. The van der Waals surface area contributed by atoms with Gasteiger partial charge in [-0.2, -0.15) is 13.2 Å². The minimum atomic E-state index is -4.94. The molecule has 38 heavy (non-hydrogen) atoms. The summed E-state index contributed by atoms with van der Waals surface area (Å²) in [5.41, 5.74) is -0.503. The number of aromatic nitrogens is 3. The van der Waals surface area contributed by atoms with Gasteiger partial charge in [-0.15, -0.1) is 0 Å². The normalized spacial score (nSPS) is 12.2. The van der Waals surface area contributed by atoms with Gasteiger partial charge in [-0.3, -0.25) is 4.98 Å². The molecule has 0 aliphatic rings. The smallest absolute Gasteiger partial charge is 0.433 e. The maximum Gasteiger partial charge on any atom is 0.433 e. The Bertz CT molecular complexity index is 1430. The van der Waals surface area contributed by atoms with Gasteiger partial charge >= 0.3 is 12.1 Å². The molecule has 3 rings (SSSR count). The van der Waals surface area contributed by atoms with Gasteiger partial charge in [-0.1, -0.05) is 5.16 Å². The Morgan fingerprint density at radius 1 is 1.00 bits per heavy atom. The van der Waals surface area contributed by atoms with Gasteiger partial charge in [0.15, 0.2) is 11.5 Å². The van der Waals surface area contributed by atoms with E-state index in [9.17, 15) is 26.4 Å². The molecule has 0 aliphatic carbocycles. The zero-order valence-electron chi connectivity index (χ0n) is 20.5. The molecule has 0 saturated heterocycles. The fourth-order valence-corrected chi connectivity index (χ4v) is 4.34. The van der Waals surface area contributed by atoms with E-state index >= 15 is 0 Å². The summed E-state index contributed by atoms with van der Waals surface area (Å²) in [4.78, 5) is 27.8. The quantitative estimate of drug-likeness (QED) is 0.158. The third-order valence-electron chi connectivity index (χ3n) is 5.13. The zero-order valence-corrected chi connectivity index (χ0v) is 21.3. The van der Waals surface area contributed by atoms with Crippen molar-refractivity contribution in [2.45, 2.75) is 31.1 Å². The van der Waals surface area contributed by atoms with Crippen LogP contribution in [0.15, 0.2) is 59.1 Å². The fourth-order valence-electron chi connectivity index (χ4n) is 3.16. The Morgan fingerprint density at radius 3 is 2.32 bits per heavy atom. The molecule has 0 N–H and O–H groups in total. The van der Waals surface area contributed by atoms with Crippen LogP contribution in [0.2, 0.25) is 0 Å². The van der Waals surface area contributed by atoms with E-state index in [1.807, 2.05) is 0 Å². The van der Waals surface area contributed by atoms with Crippen LogP contribution in [0.25, 0.3) is 11.3 Å². The van der Waals surface area contributed by atoms with Gasteiger partial charge in [0.2, 0.25) is 15.0 Å². The van der Waals surface area contributed by atoms with Crippen LogP contribution in [-0.2, 0) is 25.6 Å². The van der Waals surface area contributed by atoms with Gasteiger partial charge in [0.05, 0.1) is 31.4 Å². The van der Waals surface area contributed by atoms with Gasteiger partial charge in [0.25, 0.3) is 0 Å². The van der Waals surface area contributed by atoms with Crippen molar-refractivity contribution >= 4 is 21.5 Å². The van der Waals surface area contributed by atoms with Gasteiger partial charge in [0, 0.05) is 29.9 Å². The molecule has 0 unspecified atom stereocenters. The number of oxime groups is 1. The van der Waals surface area contributed by atoms with E-state index < -0.39 is 38.6 Å². The second-order valence-corrected chi connectivity index (χ2v) is 9.79. The monoisotopic (exact) mass is 552 g/mol.